The summed E-state index contributed by atoms with van der Waals surface area (Å²) in [4.78, 5) is 4.44. The molecular weight excluding hydrogens is 174 g/mol. The number of rotatable bonds is 2. The molecule has 0 amide bonds. The highest BCUT2D eigenvalue weighted by molar-refractivity contribution is 5.79. The zero-order chi connectivity index (χ0) is 10.4. The van der Waals surface area contributed by atoms with Crippen LogP contribution in [0.1, 0.15) is 40.0 Å². The van der Waals surface area contributed by atoms with Crippen LogP contribution >= 0.6 is 0 Å². The molecule has 0 unspecified atom stereocenters. The molecular formula is C11H23N3. The highest BCUT2D eigenvalue weighted by atomic mass is 15.2. The molecule has 82 valence electrons. The predicted molar refractivity (Wildman–Crippen MR) is 61.6 cm³/mol. The molecule has 1 heterocycles. The van der Waals surface area contributed by atoms with Crippen LogP contribution in [-0.4, -0.2) is 25.6 Å². The van der Waals surface area contributed by atoms with Gasteiger partial charge < -0.3 is 10.6 Å². The van der Waals surface area contributed by atoms with Crippen molar-refractivity contribution in [2.45, 2.75) is 40.0 Å². The minimum Gasteiger partial charge on any atom is -0.356 e. The van der Waals surface area contributed by atoms with Gasteiger partial charge in [-0.2, -0.15) is 0 Å². The second-order valence-electron chi connectivity index (χ2n) is 5.10. The van der Waals surface area contributed by atoms with Crippen LogP contribution in [0, 0.1) is 5.41 Å². The summed E-state index contributed by atoms with van der Waals surface area (Å²) in [6.07, 6.45) is 3.61. The van der Waals surface area contributed by atoms with Crippen molar-refractivity contribution in [1.82, 2.24) is 10.6 Å². The van der Waals surface area contributed by atoms with Crippen molar-refractivity contribution in [3.05, 3.63) is 0 Å². The van der Waals surface area contributed by atoms with Crippen molar-refractivity contribution in [2.75, 3.05) is 19.6 Å². The van der Waals surface area contributed by atoms with E-state index in [4.69, 9.17) is 0 Å². The molecule has 0 fully saturated rings. The van der Waals surface area contributed by atoms with Crippen LogP contribution in [0.4, 0.5) is 0 Å². The Morgan fingerprint density at radius 3 is 2.86 bits per heavy atom. The van der Waals surface area contributed by atoms with E-state index in [1.807, 2.05) is 0 Å². The molecule has 2 N–H and O–H groups in total. The smallest absolute Gasteiger partial charge is 0.191 e. The fraction of sp³-hybridized carbons (Fsp3) is 0.909. The minimum absolute atomic E-state index is 0.401. The van der Waals surface area contributed by atoms with Crippen LogP contribution in [-0.2, 0) is 0 Å². The van der Waals surface area contributed by atoms with E-state index in [9.17, 15) is 0 Å². The van der Waals surface area contributed by atoms with Crippen molar-refractivity contribution >= 4 is 5.96 Å². The van der Waals surface area contributed by atoms with E-state index in [-0.39, 0.29) is 0 Å². The zero-order valence-corrected chi connectivity index (χ0v) is 9.69. The molecule has 1 aliphatic heterocycles. The second-order valence-corrected chi connectivity index (χ2v) is 5.10. The molecule has 0 aliphatic carbocycles. The summed E-state index contributed by atoms with van der Waals surface area (Å²) in [5.74, 6) is 0.992. The molecule has 0 atom stereocenters. The van der Waals surface area contributed by atoms with E-state index < -0.39 is 0 Å². The van der Waals surface area contributed by atoms with Crippen molar-refractivity contribution in [3.63, 3.8) is 0 Å². The predicted octanol–water partition coefficient (Wildman–Crippen LogP) is 1.75. The van der Waals surface area contributed by atoms with Crippen molar-refractivity contribution in [3.8, 4) is 0 Å². The van der Waals surface area contributed by atoms with Crippen LogP contribution in [0.15, 0.2) is 4.99 Å². The van der Waals surface area contributed by atoms with Crippen LogP contribution in [0.5, 0.6) is 0 Å². The van der Waals surface area contributed by atoms with Crippen LogP contribution in [0.25, 0.3) is 0 Å². The fourth-order valence-electron chi connectivity index (χ4n) is 1.36. The van der Waals surface area contributed by atoms with E-state index in [1.54, 1.807) is 0 Å². The van der Waals surface area contributed by atoms with Crippen molar-refractivity contribution in [2.24, 2.45) is 10.4 Å². The highest BCUT2D eigenvalue weighted by Gasteiger charge is 2.10. The van der Waals surface area contributed by atoms with Gasteiger partial charge in [0.25, 0.3) is 0 Å². The summed E-state index contributed by atoms with van der Waals surface area (Å²) in [6.45, 7) is 9.81. The minimum atomic E-state index is 0.401. The SMILES string of the molecule is CC(C)(C)CCNC1=NCCCCN1. The molecule has 0 spiro atoms. The molecule has 0 aromatic rings. The van der Waals surface area contributed by atoms with Gasteiger partial charge >= 0.3 is 0 Å². The fourth-order valence-corrected chi connectivity index (χ4v) is 1.36. The molecule has 1 aliphatic rings. The number of guanidine groups is 1. The summed E-state index contributed by atoms with van der Waals surface area (Å²) < 4.78 is 0. The largest absolute Gasteiger partial charge is 0.356 e. The Morgan fingerprint density at radius 2 is 2.14 bits per heavy atom. The number of nitrogens with zero attached hydrogens (tertiary/aromatic N) is 1. The van der Waals surface area contributed by atoms with Gasteiger partial charge in [-0.1, -0.05) is 20.8 Å². The normalized spacial score (nSPS) is 18.1. The van der Waals surface area contributed by atoms with Crippen LogP contribution in [0.3, 0.4) is 0 Å². The number of hydrogen-bond acceptors (Lipinski definition) is 3. The third-order valence-corrected chi connectivity index (χ3v) is 2.31. The van der Waals surface area contributed by atoms with E-state index in [1.165, 1.54) is 19.3 Å². The maximum absolute atomic E-state index is 4.44. The maximum Gasteiger partial charge on any atom is 0.191 e. The Kier molecular flexibility index (Phi) is 4.23. The number of nitrogens with one attached hydrogen (secondary N) is 2. The maximum atomic E-state index is 4.44. The Balaban J connectivity index is 2.20. The first-order valence-corrected chi connectivity index (χ1v) is 5.60. The lowest BCUT2D eigenvalue weighted by Crippen LogP contribution is -2.38. The molecule has 0 saturated heterocycles. The first-order chi connectivity index (χ1) is 6.58. The van der Waals surface area contributed by atoms with Gasteiger partial charge in [-0.15, -0.1) is 0 Å². The Bertz CT molecular complexity index is 191. The first kappa shape index (κ1) is 11.3. The van der Waals surface area contributed by atoms with Gasteiger partial charge in [-0.3, -0.25) is 4.99 Å². The molecule has 0 bridgehead atoms. The summed E-state index contributed by atoms with van der Waals surface area (Å²) in [5, 5.41) is 6.66. The Labute approximate surface area is 87.4 Å². The van der Waals surface area contributed by atoms with Crippen molar-refractivity contribution < 1.29 is 0 Å². The third-order valence-electron chi connectivity index (χ3n) is 2.31. The van der Waals surface area contributed by atoms with Gasteiger partial charge in [0.15, 0.2) is 5.96 Å². The van der Waals surface area contributed by atoms with Crippen LogP contribution in [0.2, 0.25) is 0 Å². The van der Waals surface area contributed by atoms with Gasteiger partial charge in [0.05, 0.1) is 0 Å². The van der Waals surface area contributed by atoms with Gasteiger partial charge in [0, 0.05) is 19.6 Å². The summed E-state index contributed by atoms with van der Waals surface area (Å²) >= 11 is 0. The Morgan fingerprint density at radius 1 is 1.36 bits per heavy atom. The standard InChI is InChI=1S/C11H23N3/c1-11(2,3)6-9-14-10-12-7-4-5-8-13-10/h4-9H2,1-3H3,(H2,12,13,14). The van der Waals surface area contributed by atoms with E-state index in [0.29, 0.717) is 5.41 Å². The molecule has 1 rings (SSSR count). The number of hydrogen-bond donors (Lipinski definition) is 2. The molecule has 3 nitrogen and oxygen atoms in total. The summed E-state index contributed by atoms with van der Waals surface area (Å²) in [5.41, 5.74) is 0.401. The highest BCUT2D eigenvalue weighted by Crippen LogP contribution is 2.16. The van der Waals surface area contributed by atoms with Crippen LogP contribution < -0.4 is 10.6 Å². The van der Waals surface area contributed by atoms with Gasteiger partial charge in [-0.25, -0.2) is 0 Å². The molecule has 14 heavy (non-hydrogen) atoms. The average Bonchev–Trinajstić information content (AvgIpc) is 2.30. The number of aliphatic imine (C=N–C) groups is 1. The summed E-state index contributed by atoms with van der Waals surface area (Å²) in [6, 6.07) is 0. The third kappa shape index (κ3) is 5.10. The monoisotopic (exact) mass is 197 g/mol. The van der Waals surface area contributed by atoms with Crippen molar-refractivity contribution in [1.29, 1.82) is 0 Å². The molecule has 3 heteroatoms. The average molecular weight is 197 g/mol. The molecule has 0 aromatic carbocycles. The lowest BCUT2D eigenvalue weighted by atomic mass is 9.92. The van der Waals surface area contributed by atoms with Gasteiger partial charge in [0.2, 0.25) is 0 Å². The lowest BCUT2D eigenvalue weighted by Gasteiger charge is -2.19. The van der Waals surface area contributed by atoms with E-state index in [2.05, 4.69) is 36.4 Å². The molecule has 0 saturated carbocycles. The van der Waals surface area contributed by atoms with Gasteiger partial charge in [-0.05, 0) is 24.7 Å². The van der Waals surface area contributed by atoms with Gasteiger partial charge in [0.1, 0.15) is 0 Å². The second kappa shape index (κ2) is 5.23. The Hall–Kier alpha value is -0.730. The quantitative estimate of drug-likeness (QED) is 0.707. The lowest BCUT2D eigenvalue weighted by molar-refractivity contribution is 0.377. The van der Waals surface area contributed by atoms with E-state index >= 15 is 0 Å². The summed E-state index contributed by atoms with van der Waals surface area (Å²) in [7, 11) is 0. The molecule has 0 radical (unpaired) electrons. The molecule has 0 aromatic heterocycles. The topological polar surface area (TPSA) is 36.4 Å². The zero-order valence-electron chi connectivity index (χ0n) is 9.69. The van der Waals surface area contributed by atoms with E-state index in [0.717, 1.165) is 25.6 Å². The first-order valence-electron chi connectivity index (χ1n) is 5.60.